The molecule has 0 aliphatic heterocycles. The summed E-state index contributed by atoms with van der Waals surface area (Å²) in [5, 5.41) is 0. The summed E-state index contributed by atoms with van der Waals surface area (Å²) >= 11 is 0. The van der Waals surface area contributed by atoms with E-state index < -0.39 is 0 Å². The summed E-state index contributed by atoms with van der Waals surface area (Å²) in [7, 11) is 0. The molecule has 0 radical (unpaired) electrons. The summed E-state index contributed by atoms with van der Waals surface area (Å²) < 4.78 is 2.34. The number of rotatable bonds is 2. The van der Waals surface area contributed by atoms with Crippen LogP contribution in [0.1, 0.15) is 47.2 Å². The first-order valence-electron chi connectivity index (χ1n) is 6.87. The molecule has 0 amide bonds. The van der Waals surface area contributed by atoms with E-state index in [0.717, 1.165) is 30.8 Å². The molecular formula is C15H20N4. The van der Waals surface area contributed by atoms with Crippen LogP contribution in [0.15, 0.2) is 18.5 Å². The van der Waals surface area contributed by atoms with Crippen LogP contribution >= 0.6 is 0 Å². The fourth-order valence-electron chi connectivity index (χ4n) is 2.88. The van der Waals surface area contributed by atoms with Crippen molar-refractivity contribution in [3.63, 3.8) is 0 Å². The van der Waals surface area contributed by atoms with Gasteiger partial charge in [-0.25, -0.2) is 0 Å². The van der Waals surface area contributed by atoms with Crippen molar-refractivity contribution in [1.82, 2.24) is 14.5 Å². The molecule has 1 aliphatic rings. The second kappa shape index (κ2) is 4.78. The highest BCUT2D eigenvalue weighted by molar-refractivity contribution is 5.33. The number of aryl methyl sites for hydroxylation is 2. The number of nitrogens with zero attached hydrogens (tertiary/aromatic N) is 3. The SMILES string of the molecule is Cc1cnc(Cn2c(C)cc3c2CCCC3N)cn1. The molecule has 0 saturated carbocycles. The Morgan fingerprint density at radius 2 is 2.16 bits per heavy atom. The van der Waals surface area contributed by atoms with Gasteiger partial charge in [-0.1, -0.05) is 0 Å². The Morgan fingerprint density at radius 1 is 1.32 bits per heavy atom. The van der Waals surface area contributed by atoms with Gasteiger partial charge in [0.15, 0.2) is 0 Å². The monoisotopic (exact) mass is 256 g/mol. The normalized spacial score (nSPS) is 18.4. The van der Waals surface area contributed by atoms with Gasteiger partial charge in [0.05, 0.1) is 24.1 Å². The lowest BCUT2D eigenvalue weighted by Crippen LogP contribution is -2.18. The first-order valence-corrected chi connectivity index (χ1v) is 6.87. The van der Waals surface area contributed by atoms with Gasteiger partial charge in [-0.3, -0.25) is 9.97 Å². The molecule has 4 heteroatoms. The average Bonchev–Trinajstić information content (AvgIpc) is 2.71. The minimum absolute atomic E-state index is 0.202. The van der Waals surface area contributed by atoms with E-state index in [9.17, 15) is 0 Å². The maximum absolute atomic E-state index is 6.20. The number of fused-ring (bicyclic) bond motifs is 1. The maximum Gasteiger partial charge on any atom is 0.0784 e. The van der Waals surface area contributed by atoms with Crippen LogP contribution in [-0.2, 0) is 13.0 Å². The molecule has 100 valence electrons. The smallest absolute Gasteiger partial charge is 0.0784 e. The lowest BCUT2D eigenvalue weighted by molar-refractivity contribution is 0.545. The van der Waals surface area contributed by atoms with Crippen molar-refractivity contribution in [3.8, 4) is 0 Å². The fraction of sp³-hybridized carbons (Fsp3) is 0.467. The van der Waals surface area contributed by atoms with E-state index in [4.69, 9.17) is 5.73 Å². The number of hydrogen-bond donors (Lipinski definition) is 1. The Balaban J connectivity index is 1.95. The molecule has 2 heterocycles. The molecule has 19 heavy (non-hydrogen) atoms. The second-order valence-corrected chi connectivity index (χ2v) is 5.42. The van der Waals surface area contributed by atoms with Crippen LogP contribution in [0.3, 0.4) is 0 Å². The quantitative estimate of drug-likeness (QED) is 0.896. The van der Waals surface area contributed by atoms with E-state index >= 15 is 0 Å². The Labute approximate surface area is 113 Å². The average molecular weight is 256 g/mol. The molecular weight excluding hydrogens is 236 g/mol. The van der Waals surface area contributed by atoms with Gasteiger partial charge in [0.2, 0.25) is 0 Å². The standard InChI is InChI=1S/C15H20N4/c1-10-7-18-12(8-17-10)9-19-11(2)6-13-14(16)4-3-5-15(13)19/h6-8,14H,3-5,9,16H2,1-2H3. The third-order valence-corrected chi connectivity index (χ3v) is 3.93. The number of aromatic nitrogens is 3. The Hall–Kier alpha value is -1.68. The zero-order valence-corrected chi connectivity index (χ0v) is 11.6. The molecule has 1 aliphatic carbocycles. The molecule has 1 atom stereocenters. The number of nitrogens with two attached hydrogens (primary N) is 1. The van der Waals surface area contributed by atoms with Gasteiger partial charge >= 0.3 is 0 Å². The van der Waals surface area contributed by atoms with E-state index in [-0.39, 0.29) is 6.04 Å². The van der Waals surface area contributed by atoms with Crippen molar-refractivity contribution in [3.05, 3.63) is 46.8 Å². The summed E-state index contributed by atoms with van der Waals surface area (Å²) in [5.74, 6) is 0. The lowest BCUT2D eigenvalue weighted by Gasteiger charge is -2.21. The molecule has 0 saturated heterocycles. The third kappa shape index (κ3) is 2.28. The highest BCUT2D eigenvalue weighted by Gasteiger charge is 2.22. The van der Waals surface area contributed by atoms with Gasteiger partial charge < -0.3 is 10.3 Å². The maximum atomic E-state index is 6.20. The van der Waals surface area contributed by atoms with Crippen molar-refractivity contribution in [1.29, 1.82) is 0 Å². The van der Waals surface area contributed by atoms with Gasteiger partial charge in [-0.15, -0.1) is 0 Å². The molecule has 0 fully saturated rings. The molecule has 0 bridgehead atoms. The van der Waals surface area contributed by atoms with E-state index in [2.05, 4.69) is 27.5 Å². The zero-order valence-electron chi connectivity index (χ0n) is 11.6. The van der Waals surface area contributed by atoms with Gasteiger partial charge in [0.1, 0.15) is 0 Å². The molecule has 0 spiro atoms. The minimum atomic E-state index is 0.202. The van der Waals surface area contributed by atoms with E-state index in [1.165, 1.54) is 23.4 Å². The summed E-state index contributed by atoms with van der Waals surface area (Å²) in [4.78, 5) is 8.76. The van der Waals surface area contributed by atoms with Crippen LogP contribution in [-0.4, -0.2) is 14.5 Å². The molecule has 2 aromatic heterocycles. The van der Waals surface area contributed by atoms with Gasteiger partial charge in [-0.05, 0) is 44.7 Å². The molecule has 2 aromatic rings. The van der Waals surface area contributed by atoms with Crippen LogP contribution in [0, 0.1) is 13.8 Å². The van der Waals surface area contributed by atoms with Gasteiger partial charge in [0, 0.05) is 23.6 Å². The molecule has 1 unspecified atom stereocenters. The second-order valence-electron chi connectivity index (χ2n) is 5.42. The van der Waals surface area contributed by atoms with Crippen LogP contribution in [0.2, 0.25) is 0 Å². The van der Waals surface area contributed by atoms with Gasteiger partial charge in [0.25, 0.3) is 0 Å². The summed E-state index contributed by atoms with van der Waals surface area (Å²) in [6.07, 6.45) is 7.09. The largest absolute Gasteiger partial charge is 0.343 e. The highest BCUT2D eigenvalue weighted by Crippen LogP contribution is 2.30. The molecule has 4 nitrogen and oxygen atoms in total. The van der Waals surface area contributed by atoms with Crippen molar-refractivity contribution < 1.29 is 0 Å². The summed E-state index contributed by atoms with van der Waals surface area (Å²) in [6, 6.07) is 2.44. The Bertz CT molecular complexity index is 583. The van der Waals surface area contributed by atoms with Crippen molar-refractivity contribution in [2.24, 2.45) is 5.73 Å². The van der Waals surface area contributed by atoms with E-state index in [1.807, 2.05) is 19.3 Å². The molecule has 2 N–H and O–H groups in total. The van der Waals surface area contributed by atoms with Crippen molar-refractivity contribution >= 4 is 0 Å². The third-order valence-electron chi connectivity index (χ3n) is 3.93. The first kappa shape index (κ1) is 12.4. The predicted octanol–water partition coefficient (Wildman–Crippen LogP) is 2.28. The van der Waals surface area contributed by atoms with E-state index in [1.54, 1.807) is 0 Å². The predicted molar refractivity (Wildman–Crippen MR) is 74.9 cm³/mol. The summed E-state index contributed by atoms with van der Waals surface area (Å²) in [6.45, 7) is 4.90. The van der Waals surface area contributed by atoms with Crippen LogP contribution in [0.5, 0.6) is 0 Å². The molecule has 3 rings (SSSR count). The van der Waals surface area contributed by atoms with Crippen molar-refractivity contribution in [2.75, 3.05) is 0 Å². The topological polar surface area (TPSA) is 56.7 Å². The fourth-order valence-corrected chi connectivity index (χ4v) is 2.88. The van der Waals surface area contributed by atoms with Crippen LogP contribution in [0.4, 0.5) is 0 Å². The number of hydrogen-bond acceptors (Lipinski definition) is 3. The first-order chi connectivity index (χ1) is 9.15. The zero-order chi connectivity index (χ0) is 13.4. The lowest BCUT2D eigenvalue weighted by atomic mass is 9.93. The molecule has 0 aromatic carbocycles. The Morgan fingerprint density at radius 3 is 2.89 bits per heavy atom. The van der Waals surface area contributed by atoms with E-state index in [0.29, 0.717) is 0 Å². The van der Waals surface area contributed by atoms with Gasteiger partial charge in [-0.2, -0.15) is 0 Å². The van der Waals surface area contributed by atoms with Crippen LogP contribution in [0.25, 0.3) is 0 Å². The van der Waals surface area contributed by atoms with Crippen LogP contribution < -0.4 is 5.73 Å². The summed E-state index contributed by atoms with van der Waals surface area (Å²) in [5.41, 5.74) is 12.1. The minimum Gasteiger partial charge on any atom is -0.343 e. The van der Waals surface area contributed by atoms with Crippen molar-refractivity contribution in [2.45, 2.75) is 45.7 Å². The highest BCUT2D eigenvalue weighted by atomic mass is 15.0. The Kier molecular flexibility index (Phi) is 3.11.